The number of pyridine rings is 1. The highest BCUT2D eigenvalue weighted by molar-refractivity contribution is 6.05. The van der Waals surface area contributed by atoms with Crippen molar-refractivity contribution in [2.75, 3.05) is 17.3 Å². The number of carbonyl (C=O) groups is 2. The maximum Gasteiger partial charge on any atom is 0.294 e. The SMILES string of the molecule is COc1ccc(N2C(=O)C[n+]3ccccc3C2C(=O)Nc2c(C)cccc2C)cc1. The smallest absolute Gasteiger partial charge is 0.294 e. The fourth-order valence-electron chi connectivity index (χ4n) is 3.87. The zero-order valence-corrected chi connectivity index (χ0v) is 17.3. The van der Waals surface area contributed by atoms with Crippen LogP contribution < -0.4 is 19.5 Å². The molecule has 0 bridgehead atoms. The highest BCUT2D eigenvalue weighted by Crippen LogP contribution is 2.32. The highest BCUT2D eigenvalue weighted by atomic mass is 16.5. The molecular formula is C24H24N3O3+. The topological polar surface area (TPSA) is 62.5 Å². The number of benzene rings is 2. The molecule has 0 saturated heterocycles. The summed E-state index contributed by atoms with van der Waals surface area (Å²) in [6.45, 7) is 4.09. The van der Waals surface area contributed by atoms with Crippen molar-refractivity contribution in [2.24, 2.45) is 0 Å². The van der Waals surface area contributed by atoms with Crippen LogP contribution in [0.1, 0.15) is 22.9 Å². The van der Waals surface area contributed by atoms with Crippen molar-refractivity contribution in [2.45, 2.75) is 26.4 Å². The Morgan fingerprint density at radius 1 is 1.03 bits per heavy atom. The Balaban J connectivity index is 1.78. The van der Waals surface area contributed by atoms with Crippen molar-refractivity contribution >= 4 is 23.2 Å². The Bertz CT molecular complexity index is 1090. The first-order chi connectivity index (χ1) is 14.5. The zero-order valence-electron chi connectivity index (χ0n) is 17.3. The number of ether oxygens (including phenoxy) is 1. The number of aryl methyl sites for hydroxylation is 2. The van der Waals surface area contributed by atoms with Gasteiger partial charge in [-0.2, -0.15) is 4.57 Å². The molecule has 0 saturated carbocycles. The molecule has 2 amide bonds. The number of hydrogen-bond acceptors (Lipinski definition) is 3. The minimum absolute atomic E-state index is 0.148. The number of hydrogen-bond donors (Lipinski definition) is 1. The van der Waals surface area contributed by atoms with Gasteiger partial charge in [-0.05, 0) is 49.2 Å². The first-order valence-electron chi connectivity index (χ1n) is 9.81. The lowest BCUT2D eigenvalue weighted by Crippen LogP contribution is -2.58. The van der Waals surface area contributed by atoms with Crippen molar-refractivity contribution in [3.05, 3.63) is 83.7 Å². The van der Waals surface area contributed by atoms with Crippen molar-refractivity contribution in [3.8, 4) is 5.75 Å². The van der Waals surface area contributed by atoms with Crippen LogP contribution in [0.15, 0.2) is 66.9 Å². The largest absolute Gasteiger partial charge is 0.497 e. The molecule has 152 valence electrons. The highest BCUT2D eigenvalue weighted by Gasteiger charge is 2.43. The van der Waals surface area contributed by atoms with E-state index in [0.717, 1.165) is 22.5 Å². The third-order valence-corrected chi connectivity index (χ3v) is 5.42. The maximum absolute atomic E-state index is 13.5. The molecule has 2 heterocycles. The van der Waals surface area contributed by atoms with E-state index in [9.17, 15) is 9.59 Å². The van der Waals surface area contributed by atoms with Crippen LogP contribution in [0.25, 0.3) is 0 Å². The third-order valence-electron chi connectivity index (χ3n) is 5.42. The fraction of sp³-hybridized carbons (Fsp3) is 0.208. The van der Waals surface area contributed by atoms with Crippen molar-refractivity contribution < 1.29 is 18.9 Å². The first-order valence-corrected chi connectivity index (χ1v) is 9.81. The number of rotatable bonds is 4. The van der Waals surface area contributed by atoms with Gasteiger partial charge in [-0.3, -0.25) is 14.5 Å². The van der Waals surface area contributed by atoms with Crippen molar-refractivity contribution in [1.82, 2.24) is 0 Å². The van der Waals surface area contributed by atoms with Crippen LogP contribution in [0.5, 0.6) is 5.75 Å². The predicted molar refractivity (Wildman–Crippen MR) is 114 cm³/mol. The summed E-state index contributed by atoms with van der Waals surface area (Å²) in [5.41, 5.74) is 4.14. The van der Waals surface area contributed by atoms with Gasteiger partial charge in [0, 0.05) is 23.5 Å². The molecular weight excluding hydrogens is 378 g/mol. The Labute approximate surface area is 175 Å². The van der Waals surface area contributed by atoms with Gasteiger partial charge < -0.3 is 10.1 Å². The van der Waals surface area contributed by atoms with Gasteiger partial charge in [-0.25, -0.2) is 0 Å². The molecule has 4 rings (SSSR count). The molecule has 1 aliphatic rings. The first kappa shape index (κ1) is 19.6. The molecule has 1 atom stereocenters. The molecule has 30 heavy (non-hydrogen) atoms. The predicted octanol–water partition coefficient (Wildman–Crippen LogP) is 3.33. The second-order valence-electron chi connectivity index (χ2n) is 7.37. The van der Waals surface area contributed by atoms with Crippen LogP contribution in [-0.2, 0) is 16.1 Å². The van der Waals surface area contributed by atoms with Gasteiger partial charge in [0.05, 0.1) is 7.11 Å². The summed E-state index contributed by atoms with van der Waals surface area (Å²) in [4.78, 5) is 28.2. The van der Waals surface area contributed by atoms with E-state index in [1.807, 2.05) is 61.0 Å². The van der Waals surface area contributed by atoms with E-state index in [2.05, 4.69) is 5.32 Å². The van der Waals surface area contributed by atoms with Crippen LogP contribution in [0.4, 0.5) is 11.4 Å². The Morgan fingerprint density at radius 3 is 2.40 bits per heavy atom. The molecule has 1 aliphatic heterocycles. The second-order valence-corrected chi connectivity index (χ2v) is 7.37. The zero-order chi connectivity index (χ0) is 21.3. The Kier molecular flexibility index (Phi) is 5.23. The maximum atomic E-state index is 13.5. The number of carbonyl (C=O) groups excluding carboxylic acids is 2. The molecule has 1 N–H and O–H groups in total. The van der Waals surface area contributed by atoms with Gasteiger partial charge in [0.15, 0.2) is 6.20 Å². The van der Waals surface area contributed by atoms with Crippen molar-refractivity contribution in [3.63, 3.8) is 0 Å². The van der Waals surface area contributed by atoms with Crippen LogP contribution in [0, 0.1) is 13.8 Å². The molecule has 2 aromatic carbocycles. The van der Waals surface area contributed by atoms with E-state index >= 15 is 0 Å². The molecule has 0 radical (unpaired) electrons. The number of aromatic nitrogens is 1. The van der Waals surface area contributed by atoms with Gasteiger partial charge in [-0.15, -0.1) is 0 Å². The van der Waals surface area contributed by atoms with Gasteiger partial charge in [0.2, 0.25) is 18.3 Å². The molecule has 0 spiro atoms. The number of nitrogens with one attached hydrogen (secondary N) is 1. The van der Waals surface area contributed by atoms with Crippen LogP contribution in [-0.4, -0.2) is 18.9 Å². The number of amides is 2. The molecule has 0 aliphatic carbocycles. The minimum Gasteiger partial charge on any atom is -0.497 e. The summed E-state index contributed by atoms with van der Waals surface area (Å²) < 4.78 is 7.06. The Morgan fingerprint density at radius 2 is 1.73 bits per heavy atom. The normalized spacial score (nSPS) is 15.5. The average molecular weight is 402 g/mol. The third kappa shape index (κ3) is 3.52. The lowest BCUT2D eigenvalue weighted by molar-refractivity contribution is -0.695. The molecule has 6 heteroatoms. The summed E-state index contributed by atoms with van der Waals surface area (Å²) in [7, 11) is 1.59. The van der Waals surface area contributed by atoms with Gasteiger partial charge in [-0.1, -0.05) is 24.3 Å². The fourth-order valence-corrected chi connectivity index (χ4v) is 3.87. The summed E-state index contributed by atoms with van der Waals surface area (Å²) in [5, 5.41) is 3.06. The van der Waals surface area contributed by atoms with E-state index in [-0.39, 0.29) is 18.4 Å². The molecule has 1 aromatic heterocycles. The summed E-state index contributed by atoms with van der Waals surface area (Å²) in [6, 6.07) is 17.9. The number of methoxy groups -OCH3 is 1. The van der Waals surface area contributed by atoms with Crippen LogP contribution in [0.2, 0.25) is 0 Å². The van der Waals surface area contributed by atoms with Crippen LogP contribution >= 0.6 is 0 Å². The minimum atomic E-state index is -0.792. The van der Waals surface area contributed by atoms with E-state index in [1.165, 1.54) is 0 Å². The molecule has 0 fully saturated rings. The lowest BCUT2D eigenvalue weighted by Gasteiger charge is -2.32. The van der Waals surface area contributed by atoms with Gasteiger partial charge >= 0.3 is 0 Å². The molecule has 1 unspecified atom stereocenters. The lowest BCUT2D eigenvalue weighted by atomic mass is 10.0. The van der Waals surface area contributed by atoms with Gasteiger partial charge in [0.1, 0.15) is 5.75 Å². The average Bonchev–Trinajstić information content (AvgIpc) is 2.75. The van der Waals surface area contributed by atoms with Gasteiger partial charge in [0.25, 0.3) is 11.8 Å². The van der Waals surface area contributed by atoms with Crippen LogP contribution in [0.3, 0.4) is 0 Å². The van der Waals surface area contributed by atoms with E-state index in [1.54, 1.807) is 36.3 Å². The van der Waals surface area contributed by atoms with Crippen molar-refractivity contribution in [1.29, 1.82) is 0 Å². The molecule has 6 nitrogen and oxygen atoms in total. The summed E-state index contributed by atoms with van der Waals surface area (Å²) >= 11 is 0. The number of fused-ring (bicyclic) bond motifs is 1. The monoisotopic (exact) mass is 402 g/mol. The Hall–Kier alpha value is -3.67. The van der Waals surface area contributed by atoms with E-state index in [0.29, 0.717) is 11.4 Å². The summed E-state index contributed by atoms with van der Waals surface area (Å²) in [6.07, 6.45) is 1.83. The summed E-state index contributed by atoms with van der Waals surface area (Å²) in [5.74, 6) is 0.288. The number of para-hydroxylation sites is 1. The second kappa shape index (κ2) is 7.99. The number of anilines is 2. The standard InChI is InChI=1S/C24H23N3O3/c1-16-7-6-8-17(2)22(16)25-24(29)23-20-9-4-5-14-26(20)15-21(28)27(23)18-10-12-19(30-3)13-11-18/h4-14,23H,15H2,1-3H3/p+1. The van der Waals surface area contributed by atoms with E-state index in [4.69, 9.17) is 4.74 Å². The molecule has 3 aromatic rings. The number of nitrogens with zero attached hydrogens (tertiary/aromatic N) is 2. The van der Waals surface area contributed by atoms with E-state index < -0.39 is 6.04 Å². The quantitative estimate of drug-likeness (QED) is 0.681.